The minimum atomic E-state index is -0.837. The summed E-state index contributed by atoms with van der Waals surface area (Å²) in [6, 6.07) is 9.74. The van der Waals surface area contributed by atoms with E-state index in [9.17, 15) is 4.79 Å². The Morgan fingerprint density at radius 2 is 1.94 bits per heavy atom. The molecule has 1 rings (SSSR count). The number of hydrogen-bond donors (Lipinski definition) is 1. The number of halogens is 1. The number of rotatable bonds is 5. The topological polar surface area (TPSA) is 37.3 Å². The quantitative estimate of drug-likeness (QED) is 0.652. The highest BCUT2D eigenvalue weighted by Gasteiger charge is 2.12. The second kappa shape index (κ2) is 6.68. The highest BCUT2D eigenvalue weighted by Crippen LogP contribution is 2.28. The molecule has 2 nitrogen and oxygen atoms in total. The number of aliphatic carboxylic acids is 1. The van der Waals surface area contributed by atoms with Crippen molar-refractivity contribution in [2.24, 2.45) is 0 Å². The second-order valence-electron chi connectivity index (χ2n) is 3.57. The van der Waals surface area contributed by atoms with Crippen molar-refractivity contribution < 1.29 is 9.90 Å². The van der Waals surface area contributed by atoms with Gasteiger partial charge < -0.3 is 5.11 Å². The second-order valence-corrected chi connectivity index (χ2v) is 4.65. The average Bonchev–Trinajstić information content (AvgIpc) is 2.30. The smallest absolute Gasteiger partial charge is 0.342 e. The van der Waals surface area contributed by atoms with Gasteiger partial charge in [0.1, 0.15) is 3.58 Å². The lowest BCUT2D eigenvalue weighted by Gasteiger charge is -2.08. The van der Waals surface area contributed by atoms with Crippen molar-refractivity contribution in [3.8, 4) is 0 Å². The van der Waals surface area contributed by atoms with Crippen LogP contribution in [0, 0.1) is 0 Å². The Balaban J connectivity index is 3.06. The Hall–Kier alpha value is -0.840. The summed E-state index contributed by atoms with van der Waals surface area (Å²) in [5.41, 5.74) is 1.96. The van der Waals surface area contributed by atoms with Gasteiger partial charge in [0.05, 0.1) is 0 Å². The molecule has 0 saturated carbocycles. The number of allylic oxidation sites excluding steroid dienone is 1. The molecule has 1 N–H and O–H groups in total. The molecule has 16 heavy (non-hydrogen) atoms. The van der Waals surface area contributed by atoms with E-state index in [4.69, 9.17) is 5.11 Å². The molecule has 0 radical (unpaired) electrons. The van der Waals surface area contributed by atoms with Crippen LogP contribution in [0.3, 0.4) is 0 Å². The first-order chi connectivity index (χ1) is 7.66. The Kier molecular flexibility index (Phi) is 5.52. The standard InChI is InChI=1S/C13H15IO2/c1-2-3-9-11(12(14)13(15)16)10-7-5-4-6-8-10/h4-8H,2-3,9H2,1H3,(H,15,16). The zero-order valence-corrected chi connectivity index (χ0v) is 11.4. The first-order valence-electron chi connectivity index (χ1n) is 5.34. The van der Waals surface area contributed by atoms with E-state index < -0.39 is 5.97 Å². The minimum absolute atomic E-state index is 0.428. The fraction of sp³-hybridized carbons (Fsp3) is 0.308. The van der Waals surface area contributed by atoms with Gasteiger partial charge in [0.2, 0.25) is 0 Å². The van der Waals surface area contributed by atoms with Crippen LogP contribution in [-0.2, 0) is 4.79 Å². The van der Waals surface area contributed by atoms with Crippen LogP contribution in [0.15, 0.2) is 33.9 Å². The van der Waals surface area contributed by atoms with Gasteiger partial charge in [-0.25, -0.2) is 4.79 Å². The molecular weight excluding hydrogens is 315 g/mol. The summed E-state index contributed by atoms with van der Waals surface area (Å²) in [7, 11) is 0. The van der Waals surface area contributed by atoms with E-state index in [0.29, 0.717) is 3.58 Å². The summed E-state index contributed by atoms with van der Waals surface area (Å²) in [6.45, 7) is 2.11. The first kappa shape index (κ1) is 13.2. The van der Waals surface area contributed by atoms with Crippen molar-refractivity contribution >= 4 is 34.1 Å². The maximum absolute atomic E-state index is 11.0. The van der Waals surface area contributed by atoms with Gasteiger partial charge in [-0.2, -0.15) is 0 Å². The van der Waals surface area contributed by atoms with Crippen LogP contribution in [0.1, 0.15) is 31.7 Å². The summed E-state index contributed by atoms with van der Waals surface area (Å²) in [5, 5.41) is 9.05. The third-order valence-electron chi connectivity index (χ3n) is 2.36. The normalized spacial score (nSPS) is 12.1. The molecule has 0 aliphatic carbocycles. The number of benzene rings is 1. The Bertz CT molecular complexity index is 382. The fourth-order valence-corrected chi connectivity index (χ4v) is 2.08. The van der Waals surface area contributed by atoms with Crippen molar-refractivity contribution in [1.82, 2.24) is 0 Å². The molecule has 86 valence electrons. The van der Waals surface area contributed by atoms with Crippen molar-refractivity contribution in [2.75, 3.05) is 0 Å². The zero-order valence-electron chi connectivity index (χ0n) is 9.24. The summed E-state index contributed by atoms with van der Waals surface area (Å²) >= 11 is 1.92. The molecule has 3 heteroatoms. The third kappa shape index (κ3) is 3.63. The van der Waals surface area contributed by atoms with E-state index in [-0.39, 0.29) is 0 Å². The zero-order chi connectivity index (χ0) is 12.0. The van der Waals surface area contributed by atoms with E-state index in [0.717, 1.165) is 30.4 Å². The van der Waals surface area contributed by atoms with E-state index in [1.807, 2.05) is 52.9 Å². The molecule has 1 aromatic rings. The Morgan fingerprint density at radius 3 is 2.44 bits per heavy atom. The number of unbranched alkanes of at least 4 members (excludes halogenated alkanes) is 1. The fourth-order valence-electron chi connectivity index (χ4n) is 1.50. The number of hydrogen-bond acceptors (Lipinski definition) is 1. The van der Waals surface area contributed by atoms with Crippen molar-refractivity contribution in [3.63, 3.8) is 0 Å². The van der Waals surface area contributed by atoms with Crippen molar-refractivity contribution in [2.45, 2.75) is 26.2 Å². The Morgan fingerprint density at radius 1 is 1.31 bits per heavy atom. The largest absolute Gasteiger partial charge is 0.477 e. The van der Waals surface area contributed by atoms with Crippen LogP contribution in [0.2, 0.25) is 0 Å². The number of carboxylic acid groups (broad SMARTS) is 1. The minimum Gasteiger partial charge on any atom is -0.477 e. The molecule has 0 aromatic heterocycles. The van der Waals surface area contributed by atoms with Crippen LogP contribution in [0.4, 0.5) is 0 Å². The molecule has 0 atom stereocenters. The summed E-state index contributed by atoms with van der Waals surface area (Å²) in [4.78, 5) is 11.0. The predicted molar refractivity (Wildman–Crippen MR) is 74.5 cm³/mol. The number of carbonyl (C=O) groups is 1. The van der Waals surface area contributed by atoms with Crippen LogP contribution in [-0.4, -0.2) is 11.1 Å². The first-order valence-corrected chi connectivity index (χ1v) is 6.42. The van der Waals surface area contributed by atoms with Gasteiger partial charge in [0.15, 0.2) is 0 Å². The van der Waals surface area contributed by atoms with Crippen molar-refractivity contribution in [3.05, 3.63) is 39.5 Å². The number of carboxylic acids is 1. The Labute approximate surface area is 110 Å². The van der Waals surface area contributed by atoms with E-state index in [1.165, 1.54) is 0 Å². The molecule has 0 amide bonds. The van der Waals surface area contributed by atoms with Gasteiger partial charge in [-0.05, 0) is 46.6 Å². The molecule has 0 aliphatic rings. The average molecular weight is 330 g/mol. The SMILES string of the molecule is CCCCC(=C(I)C(=O)O)c1ccccc1. The highest BCUT2D eigenvalue weighted by molar-refractivity contribution is 14.1. The molecule has 0 spiro atoms. The molecule has 0 saturated heterocycles. The molecule has 0 bridgehead atoms. The van der Waals surface area contributed by atoms with Crippen LogP contribution < -0.4 is 0 Å². The maximum Gasteiger partial charge on any atom is 0.342 e. The highest BCUT2D eigenvalue weighted by atomic mass is 127. The summed E-state index contributed by atoms with van der Waals surface area (Å²) in [5.74, 6) is -0.837. The summed E-state index contributed by atoms with van der Waals surface area (Å²) < 4.78 is 0.428. The molecule has 0 unspecified atom stereocenters. The van der Waals surface area contributed by atoms with Crippen LogP contribution >= 0.6 is 22.6 Å². The molecule has 0 fully saturated rings. The van der Waals surface area contributed by atoms with Gasteiger partial charge in [0.25, 0.3) is 0 Å². The van der Waals surface area contributed by atoms with Gasteiger partial charge in [-0.3, -0.25) is 0 Å². The summed E-state index contributed by atoms with van der Waals surface area (Å²) in [6.07, 6.45) is 2.91. The van der Waals surface area contributed by atoms with Gasteiger partial charge >= 0.3 is 5.97 Å². The maximum atomic E-state index is 11.0. The molecule has 0 heterocycles. The van der Waals surface area contributed by atoms with E-state index >= 15 is 0 Å². The lowest BCUT2D eigenvalue weighted by molar-refractivity contribution is -0.131. The lowest BCUT2D eigenvalue weighted by atomic mass is 10.00. The van der Waals surface area contributed by atoms with Crippen LogP contribution in [0.5, 0.6) is 0 Å². The van der Waals surface area contributed by atoms with E-state index in [1.54, 1.807) is 0 Å². The van der Waals surface area contributed by atoms with E-state index in [2.05, 4.69) is 6.92 Å². The van der Waals surface area contributed by atoms with Gasteiger partial charge in [-0.1, -0.05) is 43.7 Å². The third-order valence-corrected chi connectivity index (χ3v) is 3.47. The molecule has 0 aliphatic heterocycles. The van der Waals surface area contributed by atoms with Gasteiger partial charge in [0, 0.05) is 0 Å². The van der Waals surface area contributed by atoms with Crippen LogP contribution in [0.25, 0.3) is 5.57 Å². The molecular formula is C13H15IO2. The monoisotopic (exact) mass is 330 g/mol. The predicted octanol–water partition coefficient (Wildman–Crippen LogP) is 4.11. The van der Waals surface area contributed by atoms with Gasteiger partial charge in [-0.15, -0.1) is 0 Å². The van der Waals surface area contributed by atoms with Crippen molar-refractivity contribution in [1.29, 1.82) is 0 Å². The lowest BCUT2D eigenvalue weighted by Crippen LogP contribution is -1.98. The molecule has 1 aromatic carbocycles.